The molecular formula is C15H22ClNO2. The van der Waals surface area contributed by atoms with E-state index < -0.39 is 5.60 Å². The number of nitrogens with one attached hydrogen (secondary N) is 1. The van der Waals surface area contributed by atoms with Crippen LogP contribution in [0.25, 0.3) is 0 Å². The highest BCUT2D eigenvalue weighted by Gasteiger charge is 2.25. The van der Waals surface area contributed by atoms with Crippen LogP contribution in [-0.4, -0.2) is 23.2 Å². The summed E-state index contributed by atoms with van der Waals surface area (Å²) in [4.78, 5) is 12.0. The average molecular weight is 284 g/mol. The van der Waals surface area contributed by atoms with Crippen LogP contribution in [0.1, 0.15) is 49.9 Å². The summed E-state index contributed by atoms with van der Waals surface area (Å²) >= 11 is 5.97. The highest BCUT2D eigenvalue weighted by molar-refractivity contribution is 6.33. The van der Waals surface area contributed by atoms with Gasteiger partial charge in [0.2, 0.25) is 0 Å². The number of amides is 1. The van der Waals surface area contributed by atoms with Crippen LogP contribution in [0.15, 0.2) is 24.3 Å². The first-order valence-electron chi connectivity index (χ1n) is 6.77. The molecule has 0 heterocycles. The Labute approximate surface area is 120 Å². The molecule has 3 nitrogen and oxygen atoms in total. The Morgan fingerprint density at radius 3 is 2.37 bits per heavy atom. The fourth-order valence-corrected chi connectivity index (χ4v) is 2.44. The summed E-state index contributed by atoms with van der Waals surface area (Å²) in [6, 6.07) is 6.91. The maximum atomic E-state index is 12.0. The molecule has 0 unspecified atom stereocenters. The summed E-state index contributed by atoms with van der Waals surface area (Å²) in [6.07, 6.45) is 3.14. The normalized spacial score (nSPS) is 11.4. The van der Waals surface area contributed by atoms with E-state index in [2.05, 4.69) is 5.32 Å². The van der Waals surface area contributed by atoms with Gasteiger partial charge in [0.15, 0.2) is 0 Å². The summed E-state index contributed by atoms with van der Waals surface area (Å²) < 4.78 is 0. The molecule has 0 aliphatic heterocycles. The lowest BCUT2D eigenvalue weighted by Gasteiger charge is -2.27. The van der Waals surface area contributed by atoms with Crippen molar-refractivity contribution in [3.05, 3.63) is 34.9 Å². The lowest BCUT2D eigenvalue weighted by atomic mass is 9.92. The predicted molar refractivity (Wildman–Crippen MR) is 78.6 cm³/mol. The topological polar surface area (TPSA) is 49.3 Å². The lowest BCUT2D eigenvalue weighted by molar-refractivity contribution is 0.0213. The second kappa shape index (κ2) is 7.51. The summed E-state index contributed by atoms with van der Waals surface area (Å²) in [7, 11) is 0. The van der Waals surface area contributed by atoms with Crippen molar-refractivity contribution < 1.29 is 9.90 Å². The van der Waals surface area contributed by atoms with Gasteiger partial charge in [-0.2, -0.15) is 0 Å². The molecule has 4 heteroatoms. The van der Waals surface area contributed by atoms with E-state index in [-0.39, 0.29) is 12.5 Å². The van der Waals surface area contributed by atoms with Gasteiger partial charge in [-0.05, 0) is 25.0 Å². The average Bonchev–Trinajstić information content (AvgIpc) is 2.37. The number of benzene rings is 1. The second-order valence-corrected chi connectivity index (χ2v) is 5.29. The van der Waals surface area contributed by atoms with Gasteiger partial charge in [-0.15, -0.1) is 0 Å². The zero-order valence-corrected chi connectivity index (χ0v) is 12.3. The van der Waals surface area contributed by atoms with Gasteiger partial charge in [-0.25, -0.2) is 0 Å². The van der Waals surface area contributed by atoms with Crippen molar-refractivity contribution >= 4 is 17.5 Å². The first-order chi connectivity index (χ1) is 9.02. The van der Waals surface area contributed by atoms with Crippen molar-refractivity contribution in [2.45, 2.75) is 45.1 Å². The smallest absolute Gasteiger partial charge is 0.252 e. The van der Waals surface area contributed by atoms with Gasteiger partial charge in [0, 0.05) is 6.54 Å². The summed E-state index contributed by atoms with van der Waals surface area (Å²) in [5.41, 5.74) is -0.375. The first-order valence-corrected chi connectivity index (χ1v) is 7.15. The van der Waals surface area contributed by atoms with Crippen LogP contribution in [0.3, 0.4) is 0 Å². The van der Waals surface area contributed by atoms with Gasteiger partial charge >= 0.3 is 0 Å². The molecule has 1 rings (SSSR count). The minimum atomic E-state index is -0.819. The Kier molecular flexibility index (Phi) is 6.32. The van der Waals surface area contributed by atoms with Crippen molar-refractivity contribution in [2.75, 3.05) is 6.54 Å². The van der Waals surface area contributed by atoms with E-state index >= 15 is 0 Å². The van der Waals surface area contributed by atoms with Gasteiger partial charge in [0.1, 0.15) is 0 Å². The second-order valence-electron chi connectivity index (χ2n) is 4.89. The molecule has 0 bridgehead atoms. The predicted octanol–water partition coefficient (Wildman–Crippen LogP) is 3.40. The van der Waals surface area contributed by atoms with E-state index in [1.54, 1.807) is 24.3 Å². The molecule has 2 N–H and O–H groups in total. The van der Waals surface area contributed by atoms with Crippen LogP contribution in [-0.2, 0) is 0 Å². The van der Waals surface area contributed by atoms with Crippen LogP contribution in [0.2, 0.25) is 5.02 Å². The molecule has 0 atom stereocenters. The number of carbonyl (C=O) groups is 1. The molecule has 0 fully saturated rings. The third-order valence-corrected chi connectivity index (χ3v) is 3.46. The van der Waals surface area contributed by atoms with E-state index in [0.29, 0.717) is 23.4 Å². The number of rotatable bonds is 7. The lowest BCUT2D eigenvalue weighted by Crippen LogP contribution is -2.42. The molecule has 19 heavy (non-hydrogen) atoms. The van der Waals surface area contributed by atoms with Crippen molar-refractivity contribution in [3.63, 3.8) is 0 Å². The molecule has 0 aliphatic carbocycles. The summed E-state index contributed by atoms with van der Waals surface area (Å²) in [5, 5.41) is 13.6. The van der Waals surface area contributed by atoms with Crippen molar-refractivity contribution in [3.8, 4) is 0 Å². The standard InChI is InChI=1S/C15H22ClNO2/c1-3-9-15(19,10-4-2)11-17-14(18)12-7-5-6-8-13(12)16/h5-8,19H,3-4,9-11H2,1-2H3,(H,17,18). The number of halogens is 1. The van der Waals surface area contributed by atoms with Crippen LogP contribution in [0.4, 0.5) is 0 Å². The third-order valence-electron chi connectivity index (χ3n) is 3.13. The van der Waals surface area contributed by atoms with Crippen molar-refractivity contribution in [1.29, 1.82) is 0 Å². The van der Waals surface area contributed by atoms with E-state index in [1.165, 1.54) is 0 Å². The van der Waals surface area contributed by atoms with Gasteiger partial charge in [0.05, 0.1) is 16.2 Å². The molecule has 1 amide bonds. The highest BCUT2D eigenvalue weighted by atomic mass is 35.5. The van der Waals surface area contributed by atoms with Crippen LogP contribution in [0, 0.1) is 0 Å². The van der Waals surface area contributed by atoms with Crippen LogP contribution < -0.4 is 5.32 Å². The van der Waals surface area contributed by atoms with Gasteiger partial charge < -0.3 is 10.4 Å². The van der Waals surface area contributed by atoms with Crippen LogP contribution in [0.5, 0.6) is 0 Å². The highest BCUT2D eigenvalue weighted by Crippen LogP contribution is 2.19. The number of aliphatic hydroxyl groups is 1. The molecule has 0 radical (unpaired) electrons. The molecule has 0 aliphatic rings. The van der Waals surface area contributed by atoms with Crippen molar-refractivity contribution in [1.82, 2.24) is 5.32 Å². The Morgan fingerprint density at radius 1 is 1.26 bits per heavy atom. The maximum Gasteiger partial charge on any atom is 0.252 e. The first kappa shape index (κ1) is 16.0. The minimum Gasteiger partial charge on any atom is -0.388 e. The largest absolute Gasteiger partial charge is 0.388 e. The fourth-order valence-electron chi connectivity index (χ4n) is 2.22. The van der Waals surface area contributed by atoms with Gasteiger partial charge in [0.25, 0.3) is 5.91 Å². The number of carbonyl (C=O) groups excluding carboxylic acids is 1. The monoisotopic (exact) mass is 283 g/mol. The summed E-state index contributed by atoms with van der Waals surface area (Å²) in [6.45, 7) is 4.31. The summed E-state index contributed by atoms with van der Waals surface area (Å²) in [5.74, 6) is -0.240. The Morgan fingerprint density at radius 2 is 1.84 bits per heavy atom. The van der Waals surface area contributed by atoms with Gasteiger partial charge in [-0.3, -0.25) is 4.79 Å². The Balaban J connectivity index is 2.64. The van der Waals surface area contributed by atoms with E-state index in [4.69, 9.17) is 11.6 Å². The minimum absolute atomic E-state index is 0.240. The molecule has 0 saturated carbocycles. The fraction of sp³-hybridized carbons (Fsp3) is 0.533. The molecule has 1 aromatic carbocycles. The van der Waals surface area contributed by atoms with E-state index in [0.717, 1.165) is 12.8 Å². The maximum absolute atomic E-state index is 12.0. The zero-order valence-electron chi connectivity index (χ0n) is 11.6. The third kappa shape index (κ3) is 4.84. The Hall–Kier alpha value is -1.06. The van der Waals surface area contributed by atoms with Crippen molar-refractivity contribution in [2.24, 2.45) is 0 Å². The Bertz CT molecular complexity index is 414. The molecule has 0 aromatic heterocycles. The molecule has 0 spiro atoms. The SMILES string of the molecule is CCCC(O)(CCC)CNC(=O)c1ccccc1Cl. The van der Waals surface area contributed by atoms with E-state index in [1.807, 2.05) is 13.8 Å². The van der Waals surface area contributed by atoms with Crippen LogP contribution >= 0.6 is 11.6 Å². The zero-order chi connectivity index (χ0) is 14.3. The quantitative estimate of drug-likeness (QED) is 0.806. The molecule has 0 saturated heterocycles. The van der Waals surface area contributed by atoms with E-state index in [9.17, 15) is 9.90 Å². The number of hydrogen-bond acceptors (Lipinski definition) is 2. The molecule has 106 valence electrons. The molecular weight excluding hydrogens is 262 g/mol. The number of hydrogen-bond donors (Lipinski definition) is 2. The molecule has 1 aromatic rings. The van der Waals surface area contributed by atoms with Gasteiger partial charge in [-0.1, -0.05) is 50.4 Å².